The smallest absolute Gasteiger partial charge is 0.262 e. The van der Waals surface area contributed by atoms with E-state index in [0.29, 0.717) is 45.1 Å². The van der Waals surface area contributed by atoms with Gasteiger partial charge in [-0.25, -0.2) is 4.98 Å². The lowest BCUT2D eigenvalue weighted by Crippen LogP contribution is -2.22. The van der Waals surface area contributed by atoms with Crippen LogP contribution in [-0.4, -0.2) is 19.7 Å². The van der Waals surface area contributed by atoms with Gasteiger partial charge >= 0.3 is 0 Å². The lowest BCUT2D eigenvalue weighted by Gasteiger charge is -2.10. The van der Waals surface area contributed by atoms with Crippen LogP contribution in [0.2, 0.25) is 5.02 Å². The molecule has 0 aliphatic rings. The molecule has 0 bridgehead atoms. The van der Waals surface area contributed by atoms with Gasteiger partial charge in [-0.2, -0.15) is 16.3 Å². The molecular formula is C18H13ClN4O2S2. The Morgan fingerprint density at radius 3 is 3.00 bits per heavy atom. The summed E-state index contributed by atoms with van der Waals surface area (Å²) in [6.07, 6.45) is 1.66. The maximum atomic E-state index is 12.8. The first-order valence-corrected chi connectivity index (χ1v) is 10.3. The standard InChI is InChI=1S/C18H13ClN4O2S2/c1-2-6-23-17(24)13-4-3-12(19)8-14(13)20-18(23)27-10-15-21-16(25-22-15)11-5-7-26-9-11/h2-5,7-9H,1,6,10H2. The quantitative estimate of drug-likeness (QED) is 0.259. The van der Waals surface area contributed by atoms with E-state index in [1.807, 2.05) is 16.8 Å². The van der Waals surface area contributed by atoms with Gasteiger partial charge < -0.3 is 4.52 Å². The monoisotopic (exact) mass is 416 g/mol. The first-order valence-electron chi connectivity index (χ1n) is 7.94. The highest BCUT2D eigenvalue weighted by atomic mass is 35.5. The Morgan fingerprint density at radius 2 is 2.22 bits per heavy atom. The number of halogens is 1. The molecule has 0 radical (unpaired) electrons. The summed E-state index contributed by atoms with van der Waals surface area (Å²) in [6, 6.07) is 6.98. The number of aromatic nitrogens is 4. The van der Waals surface area contributed by atoms with Gasteiger partial charge in [-0.15, -0.1) is 6.58 Å². The topological polar surface area (TPSA) is 73.8 Å². The van der Waals surface area contributed by atoms with E-state index in [1.165, 1.54) is 11.8 Å². The van der Waals surface area contributed by atoms with Crippen LogP contribution < -0.4 is 5.56 Å². The van der Waals surface area contributed by atoms with Crippen LogP contribution in [0, 0.1) is 0 Å². The summed E-state index contributed by atoms with van der Waals surface area (Å²) in [5.41, 5.74) is 1.32. The summed E-state index contributed by atoms with van der Waals surface area (Å²) in [6.45, 7) is 4.09. The molecule has 9 heteroatoms. The Kier molecular flexibility index (Phi) is 5.11. The second-order valence-corrected chi connectivity index (χ2v) is 7.74. The van der Waals surface area contributed by atoms with Crippen molar-refractivity contribution in [3.05, 3.63) is 68.9 Å². The van der Waals surface area contributed by atoms with E-state index < -0.39 is 0 Å². The summed E-state index contributed by atoms with van der Waals surface area (Å²) < 4.78 is 6.87. The lowest BCUT2D eigenvalue weighted by atomic mass is 10.2. The number of hydrogen-bond acceptors (Lipinski definition) is 7. The summed E-state index contributed by atoms with van der Waals surface area (Å²) in [4.78, 5) is 21.8. The molecule has 0 aliphatic heterocycles. The molecular weight excluding hydrogens is 404 g/mol. The fraction of sp³-hybridized carbons (Fsp3) is 0.111. The normalized spacial score (nSPS) is 11.1. The molecule has 0 saturated heterocycles. The molecule has 4 rings (SSSR count). The van der Waals surface area contributed by atoms with Crippen molar-refractivity contribution >= 4 is 45.6 Å². The van der Waals surface area contributed by atoms with Gasteiger partial charge in [-0.3, -0.25) is 9.36 Å². The summed E-state index contributed by atoms with van der Waals surface area (Å²) in [7, 11) is 0. The van der Waals surface area contributed by atoms with Gasteiger partial charge in [0.1, 0.15) is 0 Å². The van der Waals surface area contributed by atoms with Crippen LogP contribution in [0.5, 0.6) is 0 Å². The van der Waals surface area contributed by atoms with E-state index in [2.05, 4.69) is 21.7 Å². The molecule has 0 fully saturated rings. The molecule has 136 valence electrons. The Bertz CT molecular complexity index is 1170. The molecule has 6 nitrogen and oxygen atoms in total. The van der Waals surface area contributed by atoms with Gasteiger partial charge in [-0.1, -0.05) is 34.6 Å². The minimum atomic E-state index is -0.133. The molecule has 0 unspecified atom stereocenters. The van der Waals surface area contributed by atoms with Crippen LogP contribution >= 0.6 is 34.7 Å². The number of thiophene rings is 1. The largest absolute Gasteiger partial charge is 0.334 e. The molecule has 0 amide bonds. The number of allylic oxidation sites excluding steroid dienone is 1. The van der Waals surface area contributed by atoms with Crippen molar-refractivity contribution in [1.29, 1.82) is 0 Å². The third-order valence-corrected chi connectivity index (χ3v) is 5.65. The van der Waals surface area contributed by atoms with Crippen molar-refractivity contribution in [2.75, 3.05) is 0 Å². The van der Waals surface area contributed by atoms with Gasteiger partial charge in [0.25, 0.3) is 11.4 Å². The first-order chi connectivity index (χ1) is 13.2. The Labute approximate surface area is 167 Å². The Hall–Kier alpha value is -2.42. The lowest BCUT2D eigenvalue weighted by molar-refractivity contribution is 0.425. The highest BCUT2D eigenvalue weighted by Gasteiger charge is 2.14. The number of nitrogens with zero attached hydrogens (tertiary/aromatic N) is 4. The molecule has 0 spiro atoms. The van der Waals surface area contributed by atoms with Crippen LogP contribution in [0.15, 0.2) is 62.2 Å². The van der Waals surface area contributed by atoms with Crippen molar-refractivity contribution in [3.8, 4) is 11.5 Å². The van der Waals surface area contributed by atoms with Gasteiger partial charge in [0.2, 0.25) is 0 Å². The molecule has 27 heavy (non-hydrogen) atoms. The average Bonchev–Trinajstić information content (AvgIpc) is 3.34. The third kappa shape index (κ3) is 3.69. The molecule has 0 aliphatic carbocycles. The maximum absolute atomic E-state index is 12.8. The van der Waals surface area contributed by atoms with Crippen molar-refractivity contribution in [1.82, 2.24) is 19.7 Å². The molecule has 0 N–H and O–H groups in total. The fourth-order valence-corrected chi connectivity index (χ4v) is 4.17. The van der Waals surface area contributed by atoms with E-state index in [0.717, 1.165) is 5.56 Å². The molecule has 0 atom stereocenters. The van der Waals surface area contributed by atoms with Crippen LogP contribution in [0.1, 0.15) is 5.82 Å². The summed E-state index contributed by atoms with van der Waals surface area (Å²) in [5, 5.41) is 9.50. The number of benzene rings is 1. The average molecular weight is 417 g/mol. The highest BCUT2D eigenvalue weighted by molar-refractivity contribution is 7.98. The zero-order chi connectivity index (χ0) is 18.8. The van der Waals surface area contributed by atoms with Gasteiger partial charge in [-0.05, 0) is 29.6 Å². The Morgan fingerprint density at radius 1 is 1.33 bits per heavy atom. The van der Waals surface area contributed by atoms with E-state index in [4.69, 9.17) is 16.1 Å². The molecule has 1 aromatic carbocycles. The van der Waals surface area contributed by atoms with Crippen LogP contribution in [0.25, 0.3) is 22.4 Å². The highest BCUT2D eigenvalue weighted by Crippen LogP contribution is 2.25. The van der Waals surface area contributed by atoms with Crippen molar-refractivity contribution in [2.24, 2.45) is 0 Å². The molecule has 0 saturated carbocycles. The predicted octanol–water partition coefficient (Wildman–Crippen LogP) is 4.64. The third-order valence-electron chi connectivity index (χ3n) is 3.76. The molecule has 3 heterocycles. The molecule has 4 aromatic rings. The van der Waals surface area contributed by atoms with Crippen molar-refractivity contribution in [3.63, 3.8) is 0 Å². The second-order valence-electron chi connectivity index (χ2n) is 5.58. The zero-order valence-electron chi connectivity index (χ0n) is 14.0. The number of fused-ring (bicyclic) bond motifs is 1. The predicted molar refractivity (Wildman–Crippen MR) is 108 cm³/mol. The van der Waals surface area contributed by atoms with Gasteiger partial charge in [0.05, 0.1) is 22.2 Å². The van der Waals surface area contributed by atoms with Gasteiger partial charge in [0.15, 0.2) is 11.0 Å². The summed E-state index contributed by atoms with van der Waals surface area (Å²) >= 11 is 8.97. The SMILES string of the molecule is C=CCn1c(SCc2noc(-c3ccsc3)n2)nc2cc(Cl)ccc2c1=O. The van der Waals surface area contributed by atoms with E-state index in [-0.39, 0.29) is 5.56 Å². The summed E-state index contributed by atoms with van der Waals surface area (Å²) in [5.74, 6) is 1.43. The minimum Gasteiger partial charge on any atom is -0.334 e. The fourth-order valence-electron chi connectivity index (χ4n) is 2.52. The first kappa shape index (κ1) is 18.0. The van der Waals surface area contributed by atoms with E-state index in [1.54, 1.807) is 40.2 Å². The van der Waals surface area contributed by atoms with Crippen LogP contribution in [-0.2, 0) is 12.3 Å². The van der Waals surface area contributed by atoms with Crippen LogP contribution in [0.3, 0.4) is 0 Å². The van der Waals surface area contributed by atoms with Gasteiger partial charge in [0, 0.05) is 16.9 Å². The Balaban J connectivity index is 1.65. The number of hydrogen-bond donors (Lipinski definition) is 0. The second kappa shape index (κ2) is 7.67. The van der Waals surface area contributed by atoms with Crippen LogP contribution in [0.4, 0.5) is 0 Å². The number of rotatable bonds is 6. The number of thioether (sulfide) groups is 1. The van der Waals surface area contributed by atoms with E-state index in [9.17, 15) is 4.79 Å². The van der Waals surface area contributed by atoms with E-state index >= 15 is 0 Å². The zero-order valence-corrected chi connectivity index (χ0v) is 16.4. The van der Waals surface area contributed by atoms with Crippen molar-refractivity contribution in [2.45, 2.75) is 17.5 Å². The minimum absolute atomic E-state index is 0.133. The van der Waals surface area contributed by atoms with Crippen molar-refractivity contribution < 1.29 is 4.52 Å². The molecule has 3 aromatic heterocycles. The maximum Gasteiger partial charge on any atom is 0.262 e.